The van der Waals surface area contributed by atoms with Crippen molar-refractivity contribution in [2.45, 2.75) is 13.5 Å². The van der Waals surface area contributed by atoms with Crippen LogP contribution >= 0.6 is 15.9 Å². The highest BCUT2D eigenvalue weighted by atomic mass is 79.9. The Morgan fingerprint density at radius 2 is 2.20 bits per heavy atom. The lowest BCUT2D eigenvalue weighted by Crippen LogP contribution is -2.20. The molecule has 0 fully saturated rings. The first-order chi connectivity index (χ1) is 9.47. The highest BCUT2D eigenvalue weighted by Crippen LogP contribution is 2.21. The van der Waals surface area contributed by atoms with Gasteiger partial charge in [-0.2, -0.15) is 4.68 Å². The smallest absolute Gasteiger partial charge is 0.390 e. The molecule has 104 valence electrons. The van der Waals surface area contributed by atoms with Gasteiger partial charge in [0.05, 0.1) is 5.69 Å². The molecule has 0 atom stereocenters. The summed E-state index contributed by atoms with van der Waals surface area (Å²) in [4.78, 5) is 25.4. The number of carbonyl (C=O) groups excluding carboxylic acids is 1. The Hall–Kier alpha value is -2.29. The first-order valence-electron chi connectivity index (χ1n) is 5.57. The van der Waals surface area contributed by atoms with Gasteiger partial charge >= 0.3 is 5.95 Å². The van der Waals surface area contributed by atoms with Crippen LogP contribution in [0.4, 0.5) is 11.6 Å². The molecule has 1 aromatic heterocycles. The molecular formula is C11H10BrN5O3. The maximum absolute atomic E-state index is 11.9. The van der Waals surface area contributed by atoms with Crippen LogP contribution in [0.3, 0.4) is 0 Å². The molecule has 0 aliphatic heterocycles. The van der Waals surface area contributed by atoms with Gasteiger partial charge in [-0.05, 0) is 38.0 Å². The van der Waals surface area contributed by atoms with Gasteiger partial charge in [-0.1, -0.05) is 12.1 Å². The largest absolute Gasteiger partial charge is 0.491 e. The number of hydrogen-bond donors (Lipinski definition) is 1. The first-order valence-corrected chi connectivity index (χ1v) is 6.37. The van der Waals surface area contributed by atoms with Crippen molar-refractivity contribution < 1.29 is 9.72 Å². The zero-order valence-corrected chi connectivity index (χ0v) is 12.0. The quantitative estimate of drug-likeness (QED) is 0.676. The van der Waals surface area contributed by atoms with Crippen molar-refractivity contribution in [1.82, 2.24) is 14.8 Å². The van der Waals surface area contributed by atoms with Gasteiger partial charge in [-0.15, -0.1) is 0 Å². The molecule has 0 spiro atoms. The minimum atomic E-state index is -0.699. The van der Waals surface area contributed by atoms with Gasteiger partial charge in [-0.3, -0.25) is 4.79 Å². The van der Waals surface area contributed by atoms with E-state index in [1.807, 2.05) is 6.07 Å². The van der Waals surface area contributed by atoms with E-state index in [4.69, 9.17) is 0 Å². The van der Waals surface area contributed by atoms with E-state index in [0.717, 1.165) is 4.47 Å². The third-order valence-electron chi connectivity index (χ3n) is 2.45. The van der Waals surface area contributed by atoms with Gasteiger partial charge in [0, 0.05) is 16.5 Å². The predicted molar refractivity (Wildman–Crippen MR) is 74.2 cm³/mol. The fraction of sp³-hybridized carbons (Fsp3) is 0.182. The Labute approximate surface area is 122 Å². The van der Waals surface area contributed by atoms with E-state index in [2.05, 4.69) is 31.3 Å². The summed E-state index contributed by atoms with van der Waals surface area (Å²) in [5, 5.41) is 16.9. The fourth-order valence-electron chi connectivity index (χ4n) is 1.52. The molecule has 1 aromatic carbocycles. The van der Waals surface area contributed by atoms with Gasteiger partial charge < -0.3 is 15.4 Å². The van der Waals surface area contributed by atoms with Crippen LogP contribution in [-0.4, -0.2) is 25.6 Å². The Balaban J connectivity index is 2.09. The van der Waals surface area contributed by atoms with Crippen molar-refractivity contribution in [2.75, 3.05) is 5.32 Å². The summed E-state index contributed by atoms with van der Waals surface area (Å²) in [6.45, 7) is 1.40. The summed E-state index contributed by atoms with van der Waals surface area (Å²) < 4.78 is 1.93. The average molecular weight is 340 g/mol. The lowest BCUT2D eigenvalue weighted by atomic mass is 10.3. The van der Waals surface area contributed by atoms with E-state index in [9.17, 15) is 14.9 Å². The number of nitrogens with one attached hydrogen (secondary N) is 1. The van der Waals surface area contributed by atoms with E-state index in [-0.39, 0.29) is 12.5 Å². The maximum atomic E-state index is 11.9. The number of aromatic nitrogens is 3. The zero-order valence-electron chi connectivity index (χ0n) is 10.4. The molecular weight excluding hydrogens is 330 g/mol. The van der Waals surface area contributed by atoms with Gasteiger partial charge in [0.2, 0.25) is 11.7 Å². The SMILES string of the molecule is Cc1nc([N+](=O)[O-])nn1CC(=O)Nc1ccccc1Br. The summed E-state index contributed by atoms with van der Waals surface area (Å²) in [6, 6.07) is 7.14. The van der Waals surface area contributed by atoms with Crippen molar-refractivity contribution in [3.8, 4) is 0 Å². The van der Waals surface area contributed by atoms with Crippen LogP contribution in [0.2, 0.25) is 0 Å². The third kappa shape index (κ3) is 3.18. The van der Waals surface area contributed by atoms with Crippen molar-refractivity contribution in [1.29, 1.82) is 0 Å². The molecule has 20 heavy (non-hydrogen) atoms. The monoisotopic (exact) mass is 339 g/mol. The highest BCUT2D eigenvalue weighted by molar-refractivity contribution is 9.10. The van der Waals surface area contributed by atoms with Crippen LogP contribution in [0.25, 0.3) is 0 Å². The fourth-order valence-corrected chi connectivity index (χ4v) is 1.90. The van der Waals surface area contributed by atoms with Gasteiger partial charge in [0.25, 0.3) is 0 Å². The summed E-state index contributed by atoms with van der Waals surface area (Å²) in [6.07, 6.45) is 0. The summed E-state index contributed by atoms with van der Waals surface area (Å²) in [7, 11) is 0. The van der Waals surface area contributed by atoms with E-state index in [1.165, 1.54) is 4.68 Å². The zero-order chi connectivity index (χ0) is 14.7. The lowest BCUT2D eigenvalue weighted by molar-refractivity contribution is -0.394. The molecule has 2 aromatic rings. The van der Waals surface area contributed by atoms with Crippen LogP contribution in [-0.2, 0) is 11.3 Å². The van der Waals surface area contributed by atoms with Crippen molar-refractivity contribution >= 4 is 33.5 Å². The molecule has 9 heteroatoms. The van der Waals surface area contributed by atoms with Crippen LogP contribution in [0.5, 0.6) is 0 Å². The Morgan fingerprint density at radius 1 is 1.50 bits per heavy atom. The van der Waals surface area contributed by atoms with Gasteiger partial charge in [0.15, 0.2) is 0 Å². The second-order valence-corrected chi connectivity index (χ2v) is 4.76. The van der Waals surface area contributed by atoms with E-state index in [0.29, 0.717) is 11.5 Å². The van der Waals surface area contributed by atoms with Crippen LogP contribution in [0, 0.1) is 17.0 Å². The maximum Gasteiger partial charge on any atom is 0.491 e. The number of para-hydroxylation sites is 1. The molecule has 2 rings (SSSR count). The molecule has 0 aliphatic carbocycles. The molecule has 0 bridgehead atoms. The number of aryl methyl sites for hydroxylation is 1. The predicted octanol–water partition coefficient (Wildman–Crippen LogP) is 1.90. The first kappa shape index (κ1) is 14.1. The van der Waals surface area contributed by atoms with Crippen molar-refractivity contribution in [3.63, 3.8) is 0 Å². The number of nitrogens with zero attached hydrogens (tertiary/aromatic N) is 4. The van der Waals surface area contributed by atoms with Crippen LogP contribution < -0.4 is 5.32 Å². The second-order valence-electron chi connectivity index (χ2n) is 3.90. The van der Waals surface area contributed by atoms with Crippen molar-refractivity contribution in [3.05, 3.63) is 44.7 Å². The Kier molecular flexibility index (Phi) is 4.08. The molecule has 1 heterocycles. The molecule has 0 aliphatic rings. The third-order valence-corrected chi connectivity index (χ3v) is 3.14. The standard InChI is InChI=1S/C11H10BrN5O3/c1-7-13-11(17(19)20)15-16(7)6-10(18)14-9-5-3-2-4-8(9)12/h2-5H,6H2,1H3,(H,14,18). The average Bonchev–Trinajstić information content (AvgIpc) is 2.74. The van der Waals surface area contributed by atoms with E-state index < -0.39 is 10.9 Å². The molecule has 8 nitrogen and oxygen atoms in total. The minimum absolute atomic E-state index is 0.145. The lowest BCUT2D eigenvalue weighted by Gasteiger charge is -2.06. The topological polar surface area (TPSA) is 103 Å². The number of halogens is 1. The molecule has 0 radical (unpaired) electrons. The van der Waals surface area contributed by atoms with Crippen LogP contribution in [0.15, 0.2) is 28.7 Å². The summed E-state index contributed by atoms with van der Waals surface area (Å²) in [5.41, 5.74) is 0.616. The van der Waals surface area contributed by atoms with E-state index in [1.54, 1.807) is 25.1 Å². The van der Waals surface area contributed by atoms with Crippen LogP contribution in [0.1, 0.15) is 5.82 Å². The minimum Gasteiger partial charge on any atom is -0.390 e. The normalized spacial score (nSPS) is 10.3. The highest BCUT2D eigenvalue weighted by Gasteiger charge is 2.20. The molecule has 1 amide bonds. The summed E-state index contributed by atoms with van der Waals surface area (Å²) >= 11 is 3.31. The van der Waals surface area contributed by atoms with Gasteiger partial charge in [-0.25, -0.2) is 0 Å². The Morgan fingerprint density at radius 3 is 2.80 bits per heavy atom. The van der Waals surface area contributed by atoms with Crippen molar-refractivity contribution in [2.24, 2.45) is 0 Å². The molecule has 1 N–H and O–H groups in total. The number of carbonyl (C=O) groups is 1. The molecule has 0 saturated heterocycles. The van der Waals surface area contributed by atoms with E-state index >= 15 is 0 Å². The summed E-state index contributed by atoms with van der Waals surface area (Å²) in [5.74, 6) is -0.560. The number of anilines is 1. The number of amides is 1. The number of rotatable bonds is 4. The number of hydrogen-bond acceptors (Lipinski definition) is 5. The molecule has 0 unspecified atom stereocenters. The second kappa shape index (κ2) is 5.78. The number of benzene rings is 1. The number of nitro groups is 1. The Bertz CT molecular complexity index is 670. The molecule has 0 saturated carbocycles. The van der Waals surface area contributed by atoms with Gasteiger partial charge in [0.1, 0.15) is 6.54 Å².